The third-order valence-electron chi connectivity index (χ3n) is 4.68. The van der Waals surface area contributed by atoms with Gasteiger partial charge in [-0.25, -0.2) is 4.79 Å². The molecular weight excluding hydrogens is 382 g/mol. The number of nitrogens with zero attached hydrogens (tertiary/aromatic N) is 1. The molecule has 1 aromatic rings. The van der Waals surface area contributed by atoms with Gasteiger partial charge >= 0.3 is 6.09 Å². The number of benzene rings is 1. The minimum absolute atomic E-state index is 0.0335. The molecule has 1 unspecified atom stereocenters. The van der Waals surface area contributed by atoms with E-state index in [0.29, 0.717) is 0 Å². The fraction of sp³-hybridized carbons (Fsp3) is 0.609. The third-order valence-corrected chi connectivity index (χ3v) is 4.68. The molecule has 7 nitrogen and oxygen atoms in total. The van der Waals surface area contributed by atoms with E-state index >= 15 is 0 Å². The van der Waals surface area contributed by atoms with Gasteiger partial charge in [0.15, 0.2) is 0 Å². The Morgan fingerprint density at radius 2 is 1.67 bits per heavy atom. The van der Waals surface area contributed by atoms with Crippen molar-refractivity contribution < 1.29 is 19.1 Å². The molecular formula is C23H35N3O4. The molecule has 1 fully saturated rings. The fourth-order valence-electron chi connectivity index (χ4n) is 3.29. The normalized spacial score (nSPS) is 15.5. The maximum Gasteiger partial charge on any atom is 0.408 e. The van der Waals surface area contributed by atoms with E-state index in [0.717, 1.165) is 24.8 Å². The Labute approximate surface area is 179 Å². The number of ether oxygens (including phenoxy) is 1. The van der Waals surface area contributed by atoms with Crippen LogP contribution >= 0.6 is 0 Å². The molecule has 0 radical (unpaired) electrons. The number of carbonyl (C=O) groups is 3. The van der Waals surface area contributed by atoms with E-state index < -0.39 is 23.3 Å². The van der Waals surface area contributed by atoms with Crippen molar-refractivity contribution in [3.8, 4) is 0 Å². The smallest absolute Gasteiger partial charge is 0.408 e. The maximum absolute atomic E-state index is 13.3. The van der Waals surface area contributed by atoms with Crippen molar-refractivity contribution in [1.82, 2.24) is 15.5 Å². The fourth-order valence-corrected chi connectivity index (χ4v) is 3.29. The second-order valence-corrected chi connectivity index (χ2v) is 9.79. The summed E-state index contributed by atoms with van der Waals surface area (Å²) in [7, 11) is 0. The number of nitrogens with one attached hydrogen (secondary N) is 2. The first-order valence-corrected chi connectivity index (χ1v) is 10.5. The average Bonchev–Trinajstić information content (AvgIpc) is 2.55. The highest BCUT2D eigenvalue weighted by molar-refractivity contribution is 5.91. The molecule has 0 spiro atoms. The predicted octanol–water partition coefficient (Wildman–Crippen LogP) is 3.55. The molecule has 1 aromatic carbocycles. The lowest BCUT2D eigenvalue weighted by molar-refractivity contribution is -0.145. The molecule has 30 heavy (non-hydrogen) atoms. The zero-order valence-corrected chi connectivity index (χ0v) is 19.0. The monoisotopic (exact) mass is 417 g/mol. The minimum atomic E-state index is -0.760. The molecule has 2 rings (SSSR count). The molecule has 0 aliphatic heterocycles. The summed E-state index contributed by atoms with van der Waals surface area (Å²) in [5.41, 5.74) is -0.343. The summed E-state index contributed by atoms with van der Waals surface area (Å²) in [5.74, 6) is -0.533. The largest absolute Gasteiger partial charge is 0.444 e. The standard InChI is InChI=1S/C23H35N3O4/c1-22(2,3)25-20(28)19(16-11-8-7-9-12-16)26(17-13-10-14-17)18(27)15-24-21(29)30-23(4,5)6/h7-9,11-12,17,19H,10,13-15H2,1-6H3,(H,24,29)(H,25,28). The zero-order chi connectivity index (χ0) is 22.5. The summed E-state index contributed by atoms with van der Waals surface area (Å²) < 4.78 is 5.23. The maximum atomic E-state index is 13.3. The van der Waals surface area contributed by atoms with Crippen molar-refractivity contribution >= 4 is 17.9 Å². The third kappa shape index (κ3) is 7.04. The second-order valence-electron chi connectivity index (χ2n) is 9.79. The van der Waals surface area contributed by atoms with E-state index in [4.69, 9.17) is 4.74 Å². The van der Waals surface area contributed by atoms with Crippen LogP contribution in [0.3, 0.4) is 0 Å². The molecule has 7 heteroatoms. The van der Waals surface area contributed by atoms with Crippen LogP contribution in [0.1, 0.15) is 72.4 Å². The van der Waals surface area contributed by atoms with Gasteiger partial charge in [0.2, 0.25) is 11.8 Å². The van der Waals surface area contributed by atoms with Crippen LogP contribution < -0.4 is 10.6 Å². The summed E-state index contributed by atoms with van der Waals surface area (Å²) in [5, 5.41) is 5.54. The van der Waals surface area contributed by atoms with Crippen LogP contribution in [0.2, 0.25) is 0 Å². The lowest BCUT2D eigenvalue weighted by Crippen LogP contribution is -2.55. The van der Waals surface area contributed by atoms with E-state index in [1.165, 1.54) is 0 Å². The summed E-state index contributed by atoms with van der Waals surface area (Å²) in [6.45, 7) is 10.8. The van der Waals surface area contributed by atoms with Gasteiger partial charge in [-0.1, -0.05) is 30.3 Å². The van der Waals surface area contributed by atoms with E-state index in [9.17, 15) is 14.4 Å². The Balaban J connectivity index is 2.26. The molecule has 1 aliphatic carbocycles. The van der Waals surface area contributed by atoms with Crippen molar-refractivity contribution in [2.75, 3.05) is 6.54 Å². The van der Waals surface area contributed by atoms with Crippen molar-refractivity contribution in [3.05, 3.63) is 35.9 Å². The lowest BCUT2D eigenvalue weighted by atomic mass is 9.88. The number of rotatable bonds is 6. The number of hydrogen-bond acceptors (Lipinski definition) is 4. The van der Waals surface area contributed by atoms with Crippen LogP contribution in [-0.4, -0.2) is 46.5 Å². The van der Waals surface area contributed by atoms with E-state index in [2.05, 4.69) is 10.6 Å². The molecule has 0 saturated heterocycles. The summed E-state index contributed by atoms with van der Waals surface area (Å²) in [6, 6.07) is 8.50. The Hall–Kier alpha value is -2.57. The molecule has 0 bridgehead atoms. The first-order valence-electron chi connectivity index (χ1n) is 10.5. The average molecular weight is 418 g/mol. The van der Waals surface area contributed by atoms with Gasteiger partial charge in [-0.15, -0.1) is 0 Å². The Bertz CT molecular complexity index is 746. The quantitative estimate of drug-likeness (QED) is 0.741. The van der Waals surface area contributed by atoms with Crippen molar-refractivity contribution in [3.63, 3.8) is 0 Å². The number of hydrogen-bond donors (Lipinski definition) is 2. The lowest BCUT2D eigenvalue weighted by Gasteiger charge is -2.42. The summed E-state index contributed by atoms with van der Waals surface area (Å²) in [6.07, 6.45) is 2.03. The Morgan fingerprint density at radius 1 is 1.07 bits per heavy atom. The Kier molecular flexibility index (Phi) is 7.50. The van der Waals surface area contributed by atoms with Gasteiger partial charge in [-0.05, 0) is 66.4 Å². The predicted molar refractivity (Wildman–Crippen MR) is 116 cm³/mol. The van der Waals surface area contributed by atoms with Crippen molar-refractivity contribution in [1.29, 1.82) is 0 Å². The molecule has 1 atom stereocenters. The molecule has 1 aliphatic rings. The highest BCUT2D eigenvalue weighted by Gasteiger charge is 2.39. The Morgan fingerprint density at radius 3 is 2.13 bits per heavy atom. The molecule has 0 heterocycles. The minimum Gasteiger partial charge on any atom is -0.444 e. The molecule has 0 aromatic heterocycles. The SMILES string of the molecule is CC(C)(C)NC(=O)C(c1ccccc1)N(C(=O)CNC(=O)OC(C)(C)C)C1CCC1. The number of alkyl carbamates (subject to hydrolysis) is 1. The van der Waals surface area contributed by atoms with E-state index in [1.807, 2.05) is 51.1 Å². The van der Waals surface area contributed by atoms with Crippen LogP contribution in [0, 0.1) is 0 Å². The van der Waals surface area contributed by atoms with Crippen LogP contribution in [0.4, 0.5) is 4.79 Å². The molecule has 166 valence electrons. The van der Waals surface area contributed by atoms with Gasteiger partial charge in [0, 0.05) is 11.6 Å². The molecule has 1 saturated carbocycles. The number of amides is 3. The van der Waals surface area contributed by atoms with Crippen molar-refractivity contribution in [2.24, 2.45) is 0 Å². The first-order chi connectivity index (χ1) is 13.9. The van der Waals surface area contributed by atoms with Gasteiger partial charge in [-0.3, -0.25) is 9.59 Å². The van der Waals surface area contributed by atoms with Gasteiger partial charge in [0.25, 0.3) is 0 Å². The first kappa shape index (κ1) is 23.7. The summed E-state index contributed by atoms with van der Waals surface area (Å²) in [4.78, 5) is 40.1. The van der Waals surface area contributed by atoms with Crippen LogP contribution in [0.15, 0.2) is 30.3 Å². The van der Waals surface area contributed by atoms with Crippen molar-refractivity contribution in [2.45, 2.75) is 84.0 Å². The van der Waals surface area contributed by atoms with Gasteiger partial charge in [0.1, 0.15) is 18.2 Å². The van der Waals surface area contributed by atoms with Gasteiger partial charge in [0.05, 0.1) is 0 Å². The topological polar surface area (TPSA) is 87.7 Å². The second kappa shape index (κ2) is 9.49. The van der Waals surface area contributed by atoms with Crippen LogP contribution in [0.5, 0.6) is 0 Å². The van der Waals surface area contributed by atoms with Gasteiger partial charge in [-0.2, -0.15) is 0 Å². The zero-order valence-electron chi connectivity index (χ0n) is 19.0. The highest BCUT2D eigenvalue weighted by atomic mass is 16.6. The van der Waals surface area contributed by atoms with Crippen LogP contribution in [0.25, 0.3) is 0 Å². The highest BCUT2D eigenvalue weighted by Crippen LogP contribution is 2.33. The van der Waals surface area contributed by atoms with Gasteiger partial charge < -0.3 is 20.3 Å². The molecule has 2 N–H and O–H groups in total. The number of carbonyl (C=O) groups excluding carboxylic acids is 3. The van der Waals surface area contributed by atoms with Crippen LogP contribution in [-0.2, 0) is 14.3 Å². The van der Waals surface area contributed by atoms with E-state index in [-0.39, 0.29) is 24.4 Å². The van der Waals surface area contributed by atoms with E-state index in [1.54, 1.807) is 25.7 Å². The summed E-state index contributed by atoms with van der Waals surface area (Å²) >= 11 is 0. The molecule has 3 amide bonds.